The summed E-state index contributed by atoms with van der Waals surface area (Å²) < 4.78 is 10.6. The van der Waals surface area contributed by atoms with E-state index in [-0.39, 0.29) is 11.9 Å². The van der Waals surface area contributed by atoms with Gasteiger partial charge in [-0.1, -0.05) is 0 Å². The first-order valence-electron chi connectivity index (χ1n) is 7.61. The zero-order valence-corrected chi connectivity index (χ0v) is 13.3. The Bertz CT molecular complexity index is 647. The van der Waals surface area contributed by atoms with Gasteiger partial charge in [0.1, 0.15) is 11.5 Å². The van der Waals surface area contributed by atoms with E-state index in [1.54, 1.807) is 25.2 Å². The van der Waals surface area contributed by atoms with E-state index in [1.807, 2.05) is 30.5 Å². The molecule has 1 aromatic heterocycles. The molecule has 0 bridgehead atoms. The molecule has 1 saturated heterocycles. The Balaban J connectivity index is 1.71. The number of anilines is 1. The molecule has 3 rings (SSSR count). The number of benzene rings is 1. The topological polar surface area (TPSA) is 66.6 Å². The maximum atomic E-state index is 12.6. The summed E-state index contributed by atoms with van der Waals surface area (Å²) in [6.45, 7) is 1.33. The van der Waals surface area contributed by atoms with Gasteiger partial charge in [-0.05, 0) is 18.6 Å². The highest BCUT2D eigenvalue weighted by Gasteiger charge is 2.32. The highest BCUT2D eigenvalue weighted by atomic mass is 16.5. The largest absolute Gasteiger partial charge is 0.497 e. The van der Waals surface area contributed by atoms with Crippen molar-refractivity contribution in [3.05, 3.63) is 42.2 Å². The number of H-pyrrole nitrogens is 1. The van der Waals surface area contributed by atoms with Crippen molar-refractivity contribution in [1.82, 2.24) is 10.3 Å². The summed E-state index contributed by atoms with van der Waals surface area (Å²) in [6.07, 6.45) is 2.65. The SMILES string of the molecule is COc1cc(OC)cc(N2CC[C@H](NCc3ccc[nH]3)C2=O)c1. The lowest BCUT2D eigenvalue weighted by molar-refractivity contribution is -0.118. The van der Waals surface area contributed by atoms with Crippen LogP contribution in [0.2, 0.25) is 0 Å². The first kappa shape index (κ1) is 15.4. The smallest absolute Gasteiger partial charge is 0.244 e. The number of aromatic nitrogens is 1. The highest BCUT2D eigenvalue weighted by molar-refractivity contribution is 5.99. The lowest BCUT2D eigenvalue weighted by Gasteiger charge is -2.19. The van der Waals surface area contributed by atoms with Gasteiger partial charge in [0.2, 0.25) is 5.91 Å². The molecule has 6 heteroatoms. The molecule has 2 heterocycles. The van der Waals surface area contributed by atoms with E-state index in [9.17, 15) is 4.79 Å². The number of carbonyl (C=O) groups is 1. The number of nitrogens with one attached hydrogen (secondary N) is 2. The molecule has 0 spiro atoms. The van der Waals surface area contributed by atoms with Crippen LogP contribution in [-0.2, 0) is 11.3 Å². The van der Waals surface area contributed by atoms with E-state index in [1.165, 1.54) is 0 Å². The maximum Gasteiger partial charge on any atom is 0.244 e. The molecule has 23 heavy (non-hydrogen) atoms. The number of aromatic amines is 1. The van der Waals surface area contributed by atoms with Crippen LogP contribution in [0.4, 0.5) is 5.69 Å². The van der Waals surface area contributed by atoms with Crippen molar-refractivity contribution >= 4 is 11.6 Å². The molecule has 0 saturated carbocycles. The Morgan fingerprint density at radius 1 is 1.26 bits per heavy atom. The summed E-state index contributed by atoms with van der Waals surface area (Å²) in [4.78, 5) is 17.5. The Morgan fingerprint density at radius 3 is 2.61 bits per heavy atom. The van der Waals surface area contributed by atoms with Crippen molar-refractivity contribution in [3.63, 3.8) is 0 Å². The zero-order chi connectivity index (χ0) is 16.2. The van der Waals surface area contributed by atoms with E-state index >= 15 is 0 Å². The van der Waals surface area contributed by atoms with Crippen LogP contribution in [0.5, 0.6) is 11.5 Å². The number of hydrogen-bond donors (Lipinski definition) is 2. The van der Waals surface area contributed by atoms with Gasteiger partial charge >= 0.3 is 0 Å². The third-order valence-corrected chi connectivity index (χ3v) is 4.05. The van der Waals surface area contributed by atoms with Crippen molar-refractivity contribution in [1.29, 1.82) is 0 Å². The molecular formula is C17H21N3O3. The fourth-order valence-corrected chi connectivity index (χ4v) is 2.78. The number of nitrogens with zero attached hydrogens (tertiary/aromatic N) is 1. The summed E-state index contributed by atoms with van der Waals surface area (Å²) in [5.74, 6) is 1.43. The fraction of sp³-hybridized carbons (Fsp3) is 0.353. The van der Waals surface area contributed by atoms with Crippen molar-refractivity contribution in [2.45, 2.75) is 19.0 Å². The van der Waals surface area contributed by atoms with Gasteiger partial charge in [0.15, 0.2) is 0 Å². The summed E-state index contributed by atoms with van der Waals surface area (Å²) >= 11 is 0. The second kappa shape index (κ2) is 6.75. The minimum atomic E-state index is -0.171. The van der Waals surface area contributed by atoms with Crippen LogP contribution in [0.25, 0.3) is 0 Å². The van der Waals surface area contributed by atoms with Crippen LogP contribution in [-0.4, -0.2) is 37.7 Å². The third kappa shape index (κ3) is 3.32. The van der Waals surface area contributed by atoms with Crippen LogP contribution in [0.1, 0.15) is 12.1 Å². The first-order valence-corrected chi connectivity index (χ1v) is 7.61. The molecular weight excluding hydrogens is 294 g/mol. The minimum absolute atomic E-state index is 0.0758. The molecule has 0 unspecified atom stereocenters. The molecule has 0 radical (unpaired) electrons. The Kier molecular flexibility index (Phi) is 4.52. The number of hydrogen-bond acceptors (Lipinski definition) is 4. The lowest BCUT2D eigenvalue weighted by Crippen LogP contribution is -2.38. The lowest BCUT2D eigenvalue weighted by atomic mass is 10.2. The summed E-state index contributed by atoms with van der Waals surface area (Å²) in [7, 11) is 3.20. The van der Waals surface area contributed by atoms with Crippen molar-refractivity contribution in [3.8, 4) is 11.5 Å². The van der Waals surface area contributed by atoms with Crippen molar-refractivity contribution in [2.75, 3.05) is 25.7 Å². The summed E-state index contributed by atoms with van der Waals surface area (Å²) in [6, 6.07) is 9.28. The number of methoxy groups -OCH3 is 2. The maximum absolute atomic E-state index is 12.6. The molecule has 2 aromatic rings. The zero-order valence-electron chi connectivity index (χ0n) is 13.3. The second-order valence-corrected chi connectivity index (χ2v) is 5.48. The predicted molar refractivity (Wildman–Crippen MR) is 87.9 cm³/mol. The first-order chi connectivity index (χ1) is 11.2. The number of rotatable bonds is 6. The molecule has 0 aliphatic carbocycles. The van der Waals surface area contributed by atoms with Gasteiger partial charge in [0.25, 0.3) is 0 Å². The van der Waals surface area contributed by atoms with Gasteiger partial charge in [-0.2, -0.15) is 0 Å². The molecule has 1 amide bonds. The normalized spacial score (nSPS) is 17.6. The van der Waals surface area contributed by atoms with Gasteiger partial charge in [-0.15, -0.1) is 0 Å². The van der Waals surface area contributed by atoms with Crippen LogP contribution in [0.15, 0.2) is 36.5 Å². The van der Waals surface area contributed by atoms with Crippen molar-refractivity contribution in [2.24, 2.45) is 0 Å². The molecule has 1 aromatic carbocycles. The highest BCUT2D eigenvalue weighted by Crippen LogP contribution is 2.30. The van der Waals surface area contributed by atoms with E-state index < -0.39 is 0 Å². The second-order valence-electron chi connectivity index (χ2n) is 5.48. The Hall–Kier alpha value is -2.47. The van der Waals surface area contributed by atoms with Crippen LogP contribution < -0.4 is 19.7 Å². The number of amides is 1. The molecule has 122 valence electrons. The predicted octanol–water partition coefficient (Wildman–Crippen LogP) is 1.93. The molecule has 1 aliphatic rings. The summed E-state index contributed by atoms with van der Waals surface area (Å²) in [5, 5.41) is 3.31. The van der Waals surface area contributed by atoms with Gasteiger partial charge in [0, 0.05) is 43.2 Å². The Morgan fingerprint density at radius 2 is 2.00 bits per heavy atom. The third-order valence-electron chi connectivity index (χ3n) is 4.05. The molecule has 1 atom stereocenters. The number of carbonyl (C=O) groups excluding carboxylic acids is 1. The van der Waals surface area contributed by atoms with Crippen LogP contribution >= 0.6 is 0 Å². The average molecular weight is 315 g/mol. The molecule has 2 N–H and O–H groups in total. The van der Waals surface area contributed by atoms with E-state index in [4.69, 9.17) is 9.47 Å². The average Bonchev–Trinajstić information content (AvgIpc) is 3.22. The van der Waals surface area contributed by atoms with Gasteiger partial charge < -0.3 is 24.7 Å². The fourth-order valence-electron chi connectivity index (χ4n) is 2.78. The van der Waals surface area contributed by atoms with Gasteiger partial charge in [-0.25, -0.2) is 0 Å². The van der Waals surface area contributed by atoms with E-state index in [2.05, 4.69) is 10.3 Å². The standard InChI is InChI=1S/C17H21N3O3/c1-22-14-8-13(9-15(10-14)23-2)20-7-5-16(17(20)21)19-11-12-4-3-6-18-12/h3-4,6,8-10,16,18-19H,5,7,11H2,1-2H3/t16-/m0/s1. The van der Waals surface area contributed by atoms with Crippen LogP contribution in [0, 0.1) is 0 Å². The minimum Gasteiger partial charge on any atom is -0.497 e. The van der Waals surface area contributed by atoms with Gasteiger partial charge in [0.05, 0.1) is 25.9 Å². The Labute approximate surface area is 135 Å². The van der Waals surface area contributed by atoms with Crippen molar-refractivity contribution < 1.29 is 14.3 Å². The molecule has 1 aliphatic heterocycles. The monoisotopic (exact) mass is 315 g/mol. The van der Waals surface area contributed by atoms with E-state index in [0.717, 1.165) is 17.8 Å². The number of ether oxygens (including phenoxy) is 2. The quantitative estimate of drug-likeness (QED) is 0.855. The van der Waals surface area contributed by atoms with Gasteiger partial charge in [-0.3, -0.25) is 4.79 Å². The summed E-state index contributed by atoms with van der Waals surface area (Å²) in [5.41, 5.74) is 1.87. The van der Waals surface area contributed by atoms with E-state index in [0.29, 0.717) is 24.6 Å². The molecule has 1 fully saturated rings. The molecule has 6 nitrogen and oxygen atoms in total. The van der Waals surface area contributed by atoms with Crippen LogP contribution in [0.3, 0.4) is 0 Å².